The summed E-state index contributed by atoms with van der Waals surface area (Å²) in [6.07, 6.45) is 2.53. The van der Waals surface area contributed by atoms with Gasteiger partial charge in [0.25, 0.3) is 5.91 Å². The van der Waals surface area contributed by atoms with Crippen molar-refractivity contribution in [2.24, 2.45) is 0 Å². The first kappa shape index (κ1) is 14.0. The third-order valence-corrected chi connectivity index (χ3v) is 3.11. The summed E-state index contributed by atoms with van der Waals surface area (Å²) < 4.78 is 0.443. The van der Waals surface area contributed by atoms with Gasteiger partial charge in [0.15, 0.2) is 0 Å². The number of nitrogens with one attached hydrogen (secondary N) is 1. The Balaban J connectivity index is 2.22. The second kappa shape index (κ2) is 5.70. The number of carboxylic acid groups (broad SMARTS) is 1. The molecule has 2 aromatic rings. The smallest absolute Gasteiger partial charge is 0.335 e. The molecule has 0 unspecified atom stereocenters. The van der Waals surface area contributed by atoms with Gasteiger partial charge in [0.05, 0.1) is 23.0 Å². The van der Waals surface area contributed by atoms with Crippen LogP contribution in [0.1, 0.15) is 20.7 Å². The number of carboxylic acids is 1. The number of halogens is 1. The van der Waals surface area contributed by atoms with Crippen molar-refractivity contribution >= 4 is 33.5 Å². The molecule has 3 N–H and O–H groups in total. The van der Waals surface area contributed by atoms with E-state index in [0.29, 0.717) is 10.2 Å². The van der Waals surface area contributed by atoms with Crippen molar-refractivity contribution in [1.82, 2.24) is 4.98 Å². The number of aromatic hydroxyl groups is 1. The van der Waals surface area contributed by atoms with Gasteiger partial charge in [-0.3, -0.25) is 9.78 Å². The summed E-state index contributed by atoms with van der Waals surface area (Å²) in [7, 11) is 0. The Kier molecular flexibility index (Phi) is 3.99. The van der Waals surface area contributed by atoms with Crippen molar-refractivity contribution in [3.8, 4) is 5.75 Å². The predicted molar refractivity (Wildman–Crippen MR) is 75.0 cm³/mol. The summed E-state index contributed by atoms with van der Waals surface area (Å²) >= 11 is 3.19. The molecule has 0 radical (unpaired) electrons. The maximum absolute atomic E-state index is 11.9. The van der Waals surface area contributed by atoms with Crippen molar-refractivity contribution in [2.45, 2.75) is 0 Å². The zero-order valence-corrected chi connectivity index (χ0v) is 11.6. The van der Waals surface area contributed by atoms with E-state index in [2.05, 4.69) is 26.2 Å². The lowest BCUT2D eigenvalue weighted by Crippen LogP contribution is -2.12. The van der Waals surface area contributed by atoms with Crippen LogP contribution in [-0.2, 0) is 0 Å². The van der Waals surface area contributed by atoms with Crippen LogP contribution in [0.2, 0.25) is 0 Å². The monoisotopic (exact) mass is 336 g/mol. The van der Waals surface area contributed by atoms with Crippen LogP contribution in [0.5, 0.6) is 5.75 Å². The van der Waals surface area contributed by atoms with Crippen LogP contribution in [0.3, 0.4) is 0 Å². The second-order valence-electron chi connectivity index (χ2n) is 3.89. The molecule has 0 aliphatic heterocycles. The molecule has 1 aromatic heterocycles. The minimum atomic E-state index is -1.05. The van der Waals surface area contributed by atoms with Crippen LogP contribution in [0, 0.1) is 0 Å². The highest BCUT2D eigenvalue weighted by atomic mass is 79.9. The van der Waals surface area contributed by atoms with Crippen LogP contribution in [-0.4, -0.2) is 27.1 Å². The SMILES string of the molecule is O=C(O)c1ccc(NC(=O)c2cncc(O)c2)c(Br)c1. The van der Waals surface area contributed by atoms with Crippen molar-refractivity contribution in [3.05, 3.63) is 52.3 Å². The fourth-order valence-corrected chi connectivity index (χ4v) is 1.97. The van der Waals surface area contributed by atoms with E-state index in [0.717, 1.165) is 0 Å². The average Bonchev–Trinajstić information content (AvgIpc) is 2.40. The third kappa shape index (κ3) is 3.12. The molecule has 20 heavy (non-hydrogen) atoms. The molecular weight excluding hydrogens is 328 g/mol. The van der Waals surface area contributed by atoms with Crippen LogP contribution in [0.25, 0.3) is 0 Å². The molecule has 0 saturated carbocycles. The number of aromatic nitrogens is 1. The molecule has 0 aliphatic carbocycles. The summed E-state index contributed by atoms with van der Waals surface area (Å²) in [6, 6.07) is 5.52. The second-order valence-corrected chi connectivity index (χ2v) is 4.74. The standard InChI is InChI=1S/C13H9BrN2O4/c14-10-4-7(13(19)20)1-2-11(10)16-12(18)8-3-9(17)6-15-5-8/h1-6,17H,(H,16,18)(H,19,20). The Hall–Kier alpha value is -2.41. The molecule has 0 fully saturated rings. The Bertz CT molecular complexity index is 688. The molecule has 102 valence electrons. The Morgan fingerprint density at radius 3 is 2.50 bits per heavy atom. The minimum Gasteiger partial charge on any atom is -0.506 e. The van der Waals surface area contributed by atoms with Gasteiger partial charge in [-0.2, -0.15) is 0 Å². The van der Waals surface area contributed by atoms with E-state index in [4.69, 9.17) is 5.11 Å². The zero-order valence-electron chi connectivity index (χ0n) is 10.0. The quantitative estimate of drug-likeness (QED) is 0.799. The van der Waals surface area contributed by atoms with Gasteiger partial charge < -0.3 is 15.5 Å². The number of carbonyl (C=O) groups is 2. The molecule has 0 aliphatic rings. The van der Waals surface area contributed by atoms with Gasteiger partial charge in [0.2, 0.25) is 0 Å². The van der Waals surface area contributed by atoms with Gasteiger partial charge in [-0.1, -0.05) is 0 Å². The van der Waals surface area contributed by atoms with Gasteiger partial charge >= 0.3 is 5.97 Å². The maximum Gasteiger partial charge on any atom is 0.335 e. The number of nitrogens with zero attached hydrogens (tertiary/aromatic N) is 1. The molecular formula is C13H9BrN2O4. The van der Waals surface area contributed by atoms with Gasteiger partial charge in [-0.15, -0.1) is 0 Å². The Labute approximate surface area is 122 Å². The average molecular weight is 337 g/mol. The molecule has 7 heteroatoms. The fourth-order valence-electron chi connectivity index (χ4n) is 1.50. The number of carbonyl (C=O) groups excluding carboxylic acids is 1. The fraction of sp³-hybridized carbons (Fsp3) is 0. The molecule has 0 spiro atoms. The highest BCUT2D eigenvalue weighted by Gasteiger charge is 2.11. The highest BCUT2D eigenvalue weighted by molar-refractivity contribution is 9.10. The molecule has 0 saturated heterocycles. The van der Waals surface area contributed by atoms with E-state index in [1.165, 1.54) is 36.7 Å². The minimum absolute atomic E-state index is 0.105. The van der Waals surface area contributed by atoms with E-state index in [-0.39, 0.29) is 16.9 Å². The van der Waals surface area contributed by atoms with Gasteiger partial charge in [-0.25, -0.2) is 4.79 Å². The first-order valence-corrected chi connectivity index (χ1v) is 6.25. The molecule has 1 aromatic carbocycles. The van der Waals surface area contributed by atoms with E-state index in [9.17, 15) is 14.7 Å². The lowest BCUT2D eigenvalue weighted by Gasteiger charge is -2.08. The number of hydrogen-bond donors (Lipinski definition) is 3. The summed E-state index contributed by atoms with van der Waals surface area (Å²) in [4.78, 5) is 26.4. The number of anilines is 1. The molecule has 6 nitrogen and oxygen atoms in total. The van der Waals surface area contributed by atoms with Gasteiger partial charge in [0, 0.05) is 10.7 Å². The summed E-state index contributed by atoms with van der Waals surface area (Å²) in [5.41, 5.74) is 0.719. The van der Waals surface area contributed by atoms with Crippen LogP contribution < -0.4 is 5.32 Å². The highest BCUT2D eigenvalue weighted by Crippen LogP contribution is 2.24. The normalized spacial score (nSPS) is 10.1. The summed E-state index contributed by atoms with van der Waals surface area (Å²) in [6.45, 7) is 0. The topological polar surface area (TPSA) is 99.5 Å². The predicted octanol–water partition coefficient (Wildman–Crippen LogP) is 2.50. The van der Waals surface area contributed by atoms with Crippen molar-refractivity contribution in [1.29, 1.82) is 0 Å². The van der Waals surface area contributed by atoms with Crippen LogP contribution >= 0.6 is 15.9 Å². The first-order chi connectivity index (χ1) is 9.47. The van der Waals surface area contributed by atoms with E-state index < -0.39 is 11.9 Å². The molecule has 1 amide bonds. The number of amides is 1. The largest absolute Gasteiger partial charge is 0.506 e. The lowest BCUT2D eigenvalue weighted by molar-refractivity contribution is 0.0696. The van der Waals surface area contributed by atoms with E-state index in [1.54, 1.807) is 0 Å². The van der Waals surface area contributed by atoms with E-state index >= 15 is 0 Å². The molecule has 0 atom stereocenters. The third-order valence-electron chi connectivity index (χ3n) is 2.45. The van der Waals surface area contributed by atoms with Gasteiger partial charge in [0.1, 0.15) is 5.75 Å². The zero-order chi connectivity index (χ0) is 14.7. The number of rotatable bonds is 3. The number of aromatic carboxylic acids is 1. The first-order valence-electron chi connectivity index (χ1n) is 5.45. The van der Waals surface area contributed by atoms with Gasteiger partial charge in [-0.05, 0) is 40.2 Å². The molecule has 2 rings (SSSR count). The van der Waals surface area contributed by atoms with Crippen molar-refractivity contribution in [3.63, 3.8) is 0 Å². The van der Waals surface area contributed by atoms with Crippen molar-refractivity contribution in [2.75, 3.05) is 5.32 Å². The Morgan fingerprint density at radius 1 is 1.15 bits per heavy atom. The number of benzene rings is 1. The number of pyridine rings is 1. The van der Waals surface area contributed by atoms with Crippen LogP contribution in [0.15, 0.2) is 41.1 Å². The molecule has 1 heterocycles. The van der Waals surface area contributed by atoms with E-state index in [1.807, 2.05) is 0 Å². The molecule has 0 bridgehead atoms. The van der Waals surface area contributed by atoms with Crippen molar-refractivity contribution < 1.29 is 19.8 Å². The lowest BCUT2D eigenvalue weighted by atomic mass is 10.2. The summed E-state index contributed by atoms with van der Waals surface area (Å²) in [5.74, 6) is -1.63. The Morgan fingerprint density at radius 2 is 1.90 bits per heavy atom. The maximum atomic E-state index is 11.9. The van der Waals surface area contributed by atoms with Crippen LogP contribution in [0.4, 0.5) is 5.69 Å². The summed E-state index contributed by atoms with van der Waals surface area (Å²) in [5, 5.41) is 20.7. The number of hydrogen-bond acceptors (Lipinski definition) is 4.